The van der Waals surface area contributed by atoms with Gasteiger partial charge in [-0.1, -0.05) is 0 Å². The maximum atomic E-state index is 12.9. The maximum Gasteiger partial charge on any atom is 0.126 e. The van der Waals surface area contributed by atoms with E-state index >= 15 is 0 Å². The highest BCUT2D eigenvalue weighted by Crippen LogP contribution is 2.25. The van der Waals surface area contributed by atoms with Gasteiger partial charge in [0.25, 0.3) is 0 Å². The van der Waals surface area contributed by atoms with E-state index in [0.29, 0.717) is 5.92 Å². The van der Waals surface area contributed by atoms with Crippen LogP contribution in [0.1, 0.15) is 24.5 Å². The Hall–Kier alpha value is -0.960. The minimum absolute atomic E-state index is 0.198. The zero-order valence-electron chi connectivity index (χ0n) is 7.37. The summed E-state index contributed by atoms with van der Waals surface area (Å²) in [6, 6.07) is 2.90. The molecule has 1 saturated heterocycles. The van der Waals surface area contributed by atoms with Crippen LogP contribution in [0.5, 0.6) is 0 Å². The molecule has 2 nitrogen and oxygen atoms in total. The third-order valence-corrected chi connectivity index (χ3v) is 2.38. The van der Waals surface area contributed by atoms with Gasteiger partial charge in [0.2, 0.25) is 0 Å². The molecule has 0 unspecified atom stereocenters. The first kappa shape index (κ1) is 8.63. The summed E-state index contributed by atoms with van der Waals surface area (Å²) in [6.45, 7) is 1.53. The summed E-state index contributed by atoms with van der Waals surface area (Å²) in [4.78, 5) is 4.17. The van der Waals surface area contributed by atoms with Gasteiger partial charge in [0.15, 0.2) is 0 Å². The second-order valence-electron chi connectivity index (χ2n) is 3.29. The number of aromatic nitrogens is 1. The zero-order valence-corrected chi connectivity index (χ0v) is 7.37. The molecule has 0 radical (unpaired) electrons. The predicted molar refractivity (Wildman–Crippen MR) is 47.0 cm³/mol. The van der Waals surface area contributed by atoms with Gasteiger partial charge in [-0.3, -0.25) is 4.98 Å². The Morgan fingerprint density at radius 2 is 2.15 bits per heavy atom. The van der Waals surface area contributed by atoms with E-state index in [1.165, 1.54) is 18.3 Å². The van der Waals surface area contributed by atoms with Crippen LogP contribution in [0, 0.1) is 5.82 Å². The van der Waals surface area contributed by atoms with Crippen molar-refractivity contribution in [1.29, 1.82) is 0 Å². The van der Waals surface area contributed by atoms with E-state index in [2.05, 4.69) is 4.98 Å². The standard InChI is InChI=1S/C10H12FNO/c11-9-1-4-12-10(7-9)8-2-5-13-6-3-8/h1,4,7-8H,2-3,5-6H2. The van der Waals surface area contributed by atoms with E-state index in [0.717, 1.165) is 31.7 Å². The van der Waals surface area contributed by atoms with Crippen LogP contribution >= 0.6 is 0 Å². The first-order valence-corrected chi connectivity index (χ1v) is 4.55. The van der Waals surface area contributed by atoms with Gasteiger partial charge >= 0.3 is 0 Å². The summed E-state index contributed by atoms with van der Waals surface area (Å²) in [5.41, 5.74) is 0.864. The zero-order chi connectivity index (χ0) is 9.10. The fraction of sp³-hybridized carbons (Fsp3) is 0.500. The van der Waals surface area contributed by atoms with Crippen LogP contribution in [-0.4, -0.2) is 18.2 Å². The summed E-state index contributed by atoms with van der Waals surface area (Å²) in [5, 5.41) is 0. The first-order valence-electron chi connectivity index (χ1n) is 4.55. The fourth-order valence-electron chi connectivity index (χ4n) is 1.64. The van der Waals surface area contributed by atoms with Gasteiger partial charge in [-0.15, -0.1) is 0 Å². The molecule has 2 rings (SSSR count). The molecule has 1 fully saturated rings. The number of pyridine rings is 1. The third-order valence-electron chi connectivity index (χ3n) is 2.38. The smallest absolute Gasteiger partial charge is 0.126 e. The molecule has 0 N–H and O–H groups in total. The maximum absolute atomic E-state index is 12.9. The SMILES string of the molecule is Fc1ccnc(C2CCOCC2)c1. The normalized spacial score (nSPS) is 18.8. The van der Waals surface area contributed by atoms with Gasteiger partial charge < -0.3 is 4.74 Å². The molecule has 0 amide bonds. The number of hydrogen-bond acceptors (Lipinski definition) is 2. The summed E-state index contributed by atoms with van der Waals surface area (Å²) in [6.07, 6.45) is 3.44. The Labute approximate surface area is 76.7 Å². The molecule has 0 aliphatic carbocycles. The number of rotatable bonds is 1. The van der Waals surface area contributed by atoms with E-state index in [1.54, 1.807) is 0 Å². The van der Waals surface area contributed by atoms with Gasteiger partial charge in [0, 0.05) is 31.0 Å². The highest BCUT2D eigenvalue weighted by molar-refractivity contribution is 5.11. The molecule has 13 heavy (non-hydrogen) atoms. The van der Waals surface area contributed by atoms with Crippen molar-refractivity contribution < 1.29 is 9.13 Å². The van der Waals surface area contributed by atoms with E-state index in [1.807, 2.05) is 0 Å². The lowest BCUT2D eigenvalue weighted by molar-refractivity contribution is 0.0844. The molecule has 0 spiro atoms. The second-order valence-corrected chi connectivity index (χ2v) is 3.29. The lowest BCUT2D eigenvalue weighted by atomic mass is 9.96. The molecule has 2 heterocycles. The van der Waals surface area contributed by atoms with Crippen LogP contribution in [0.4, 0.5) is 4.39 Å². The average Bonchev–Trinajstić information content (AvgIpc) is 2.19. The highest BCUT2D eigenvalue weighted by Gasteiger charge is 2.17. The van der Waals surface area contributed by atoms with Crippen molar-refractivity contribution in [3.8, 4) is 0 Å². The number of halogens is 1. The number of nitrogens with zero attached hydrogens (tertiary/aromatic N) is 1. The van der Waals surface area contributed by atoms with Gasteiger partial charge in [-0.25, -0.2) is 4.39 Å². The van der Waals surface area contributed by atoms with Gasteiger partial charge in [0.1, 0.15) is 5.82 Å². The largest absolute Gasteiger partial charge is 0.381 e. The molecule has 0 saturated carbocycles. The first-order chi connectivity index (χ1) is 6.36. The van der Waals surface area contributed by atoms with Crippen molar-refractivity contribution in [1.82, 2.24) is 4.98 Å². The van der Waals surface area contributed by atoms with Gasteiger partial charge in [-0.2, -0.15) is 0 Å². The van der Waals surface area contributed by atoms with Crippen LogP contribution in [0.15, 0.2) is 18.3 Å². The molecule has 1 aromatic heterocycles. The Bertz CT molecular complexity index is 284. The van der Waals surface area contributed by atoms with Crippen LogP contribution in [0.25, 0.3) is 0 Å². The van der Waals surface area contributed by atoms with Gasteiger partial charge in [0.05, 0.1) is 0 Å². The van der Waals surface area contributed by atoms with Crippen LogP contribution in [0.3, 0.4) is 0 Å². The van der Waals surface area contributed by atoms with E-state index in [9.17, 15) is 4.39 Å². The molecular formula is C10H12FNO. The van der Waals surface area contributed by atoms with Gasteiger partial charge in [-0.05, 0) is 25.0 Å². The Balaban J connectivity index is 2.14. The van der Waals surface area contributed by atoms with Crippen molar-refractivity contribution in [3.05, 3.63) is 29.8 Å². The van der Waals surface area contributed by atoms with E-state index in [4.69, 9.17) is 4.74 Å². The Kier molecular flexibility index (Phi) is 2.54. The number of ether oxygens (including phenoxy) is 1. The lowest BCUT2D eigenvalue weighted by Crippen LogP contribution is -2.15. The molecule has 70 valence electrons. The van der Waals surface area contributed by atoms with Crippen molar-refractivity contribution in [3.63, 3.8) is 0 Å². The van der Waals surface area contributed by atoms with Crippen molar-refractivity contribution in [2.75, 3.05) is 13.2 Å². The third kappa shape index (κ3) is 2.04. The fourth-order valence-corrected chi connectivity index (χ4v) is 1.64. The van der Waals surface area contributed by atoms with Crippen molar-refractivity contribution in [2.24, 2.45) is 0 Å². The number of hydrogen-bond donors (Lipinski definition) is 0. The predicted octanol–water partition coefficient (Wildman–Crippen LogP) is 2.11. The molecule has 0 aromatic carbocycles. The minimum atomic E-state index is -0.198. The van der Waals surface area contributed by atoms with E-state index in [-0.39, 0.29) is 5.82 Å². The summed E-state index contributed by atoms with van der Waals surface area (Å²) in [5.74, 6) is 0.181. The lowest BCUT2D eigenvalue weighted by Gasteiger charge is -2.21. The molecule has 1 aliphatic heterocycles. The Morgan fingerprint density at radius 3 is 2.85 bits per heavy atom. The van der Waals surface area contributed by atoms with Crippen molar-refractivity contribution in [2.45, 2.75) is 18.8 Å². The average molecular weight is 181 g/mol. The topological polar surface area (TPSA) is 22.1 Å². The monoisotopic (exact) mass is 181 g/mol. The molecule has 3 heteroatoms. The van der Waals surface area contributed by atoms with Crippen molar-refractivity contribution >= 4 is 0 Å². The second kappa shape index (κ2) is 3.83. The Morgan fingerprint density at radius 1 is 1.38 bits per heavy atom. The molecule has 1 aromatic rings. The molecule has 1 aliphatic rings. The molecule has 0 atom stereocenters. The minimum Gasteiger partial charge on any atom is -0.381 e. The summed E-state index contributed by atoms with van der Waals surface area (Å²) < 4.78 is 18.1. The van der Waals surface area contributed by atoms with E-state index < -0.39 is 0 Å². The molecule has 0 bridgehead atoms. The summed E-state index contributed by atoms with van der Waals surface area (Å²) in [7, 11) is 0. The molecular weight excluding hydrogens is 169 g/mol. The van der Waals surface area contributed by atoms with Crippen LogP contribution < -0.4 is 0 Å². The summed E-state index contributed by atoms with van der Waals surface area (Å²) >= 11 is 0. The van der Waals surface area contributed by atoms with Crippen LogP contribution in [-0.2, 0) is 4.74 Å². The highest BCUT2D eigenvalue weighted by atomic mass is 19.1. The van der Waals surface area contributed by atoms with Crippen LogP contribution in [0.2, 0.25) is 0 Å². The quantitative estimate of drug-likeness (QED) is 0.662.